The standard InChI is InChI=1S/C23H23ClN2O3/c1-29-23(28)20-13-17-16-9-5-6-10-18(16)25-22(17)19(26(20)21(27)14-24)12-11-15-7-3-2-4-8-15/h2-10,19-20,25H,11-14H2,1H3/t19?,20-/m0/s1. The van der Waals surface area contributed by atoms with Gasteiger partial charge in [0.05, 0.1) is 13.2 Å². The van der Waals surface area contributed by atoms with Crippen molar-refractivity contribution in [1.29, 1.82) is 0 Å². The van der Waals surface area contributed by atoms with E-state index in [1.807, 2.05) is 42.5 Å². The minimum absolute atomic E-state index is 0.176. The number of nitrogens with one attached hydrogen (secondary N) is 1. The van der Waals surface area contributed by atoms with Crippen LogP contribution < -0.4 is 0 Å². The van der Waals surface area contributed by atoms with E-state index in [4.69, 9.17) is 16.3 Å². The van der Waals surface area contributed by atoms with Crippen LogP contribution >= 0.6 is 11.6 Å². The summed E-state index contributed by atoms with van der Waals surface area (Å²) in [5.41, 5.74) is 4.25. The van der Waals surface area contributed by atoms with E-state index in [-0.39, 0.29) is 17.8 Å². The summed E-state index contributed by atoms with van der Waals surface area (Å²) < 4.78 is 5.04. The molecule has 0 saturated carbocycles. The second kappa shape index (κ2) is 8.29. The Balaban J connectivity index is 1.80. The Morgan fingerprint density at radius 3 is 2.59 bits per heavy atom. The molecule has 1 aliphatic rings. The third-order valence-electron chi connectivity index (χ3n) is 5.67. The van der Waals surface area contributed by atoms with E-state index < -0.39 is 12.0 Å². The Bertz CT molecular complexity index is 1030. The van der Waals surface area contributed by atoms with Gasteiger partial charge < -0.3 is 14.6 Å². The number of hydrogen-bond acceptors (Lipinski definition) is 3. The number of H-pyrrole nitrogens is 1. The van der Waals surface area contributed by atoms with Gasteiger partial charge in [0.15, 0.2) is 0 Å². The number of carbonyl (C=O) groups is 2. The number of aryl methyl sites for hydroxylation is 1. The molecule has 4 rings (SSSR count). The smallest absolute Gasteiger partial charge is 0.328 e. The lowest BCUT2D eigenvalue weighted by atomic mass is 9.88. The van der Waals surface area contributed by atoms with E-state index in [2.05, 4.69) is 17.1 Å². The van der Waals surface area contributed by atoms with Gasteiger partial charge in [-0.3, -0.25) is 4.79 Å². The number of aromatic amines is 1. The monoisotopic (exact) mass is 410 g/mol. The van der Waals surface area contributed by atoms with Gasteiger partial charge in [-0.05, 0) is 30.0 Å². The Morgan fingerprint density at radius 1 is 1.14 bits per heavy atom. The van der Waals surface area contributed by atoms with E-state index >= 15 is 0 Å². The molecule has 1 aromatic heterocycles. The molecule has 0 spiro atoms. The van der Waals surface area contributed by atoms with E-state index in [0.717, 1.165) is 28.6 Å². The van der Waals surface area contributed by atoms with Gasteiger partial charge in [0, 0.05) is 23.0 Å². The number of aromatic nitrogens is 1. The predicted molar refractivity (Wildman–Crippen MR) is 113 cm³/mol. The number of halogens is 1. The van der Waals surface area contributed by atoms with E-state index in [0.29, 0.717) is 12.8 Å². The number of para-hydroxylation sites is 1. The molecule has 5 nitrogen and oxygen atoms in total. The van der Waals surface area contributed by atoms with Crippen molar-refractivity contribution < 1.29 is 14.3 Å². The number of methoxy groups -OCH3 is 1. The third-order valence-corrected chi connectivity index (χ3v) is 5.90. The quantitative estimate of drug-likeness (QED) is 0.510. The first-order valence-corrected chi connectivity index (χ1v) is 10.3. The Morgan fingerprint density at radius 2 is 1.86 bits per heavy atom. The molecule has 1 N–H and O–H groups in total. The molecule has 0 bridgehead atoms. The van der Waals surface area contributed by atoms with Crippen molar-refractivity contribution in [3.63, 3.8) is 0 Å². The van der Waals surface area contributed by atoms with Gasteiger partial charge in [-0.2, -0.15) is 0 Å². The fourth-order valence-electron chi connectivity index (χ4n) is 4.35. The molecule has 0 radical (unpaired) electrons. The van der Waals surface area contributed by atoms with Crippen LogP contribution in [0.5, 0.6) is 0 Å². The Kier molecular flexibility index (Phi) is 5.58. The predicted octanol–water partition coefficient (Wildman–Crippen LogP) is 4.01. The van der Waals surface area contributed by atoms with Crippen molar-refractivity contribution in [2.24, 2.45) is 0 Å². The maximum atomic E-state index is 12.8. The normalized spacial score (nSPS) is 18.5. The maximum absolute atomic E-state index is 12.8. The van der Waals surface area contributed by atoms with Crippen LogP contribution in [0.3, 0.4) is 0 Å². The number of ether oxygens (including phenoxy) is 1. The van der Waals surface area contributed by atoms with Crippen molar-refractivity contribution in [3.05, 3.63) is 71.4 Å². The van der Waals surface area contributed by atoms with E-state index in [1.165, 1.54) is 12.7 Å². The van der Waals surface area contributed by atoms with Crippen LogP contribution in [0, 0.1) is 0 Å². The number of hydrogen-bond donors (Lipinski definition) is 1. The largest absolute Gasteiger partial charge is 0.467 e. The number of nitrogens with zero attached hydrogens (tertiary/aromatic N) is 1. The van der Waals surface area contributed by atoms with Crippen molar-refractivity contribution in [1.82, 2.24) is 9.88 Å². The van der Waals surface area contributed by atoms with Crippen LogP contribution in [0.1, 0.15) is 29.3 Å². The summed E-state index contributed by atoms with van der Waals surface area (Å²) in [5.74, 6) is -0.848. The van der Waals surface area contributed by atoms with Crippen molar-refractivity contribution >= 4 is 34.4 Å². The zero-order valence-corrected chi connectivity index (χ0v) is 17.0. The fraction of sp³-hybridized carbons (Fsp3) is 0.304. The molecule has 0 saturated heterocycles. The molecule has 2 aromatic carbocycles. The van der Waals surface area contributed by atoms with Crippen molar-refractivity contribution in [3.8, 4) is 0 Å². The van der Waals surface area contributed by atoms with Gasteiger partial charge in [0.25, 0.3) is 0 Å². The topological polar surface area (TPSA) is 62.4 Å². The van der Waals surface area contributed by atoms with E-state index in [1.54, 1.807) is 4.90 Å². The van der Waals surface area contributed by atoms with E-state index in [9.17, 15) is 9.59 Å². The Hall–Kier alpha value is -2.79. The molecule has 1 unspecified atom stereocenters. The molecule has 2 atom stereocenters. The SMILES string of the molecule is COC(=O)[C@@H]1Cc2c([nH]c3ccccc23)C(CCc2ccccc2)N1C(=O)CCl. The van der Waals surface area contributed by atoms with Crippen LogP contribution in [0.25, 0.3) is 10.9 Å². The lowest BCUT2D eigenvalue weighted by Crippen LogP contribution is -2.52. The molecule has 2 heterocycles. The number of alkyl halides is 1. The summed E-state index contributed by atoms with van der Waals surface area (Å²) in [6.45, 7) is 0. The molecular weight excluding hydrogens is 388 g/mol. The average Bonchev–Trinajstić information content (AvgIpc) is 3.15. The maximum Gasteiger partial charge on any atom is 0.328 e. The van der Waals surface area contributed by atoms with Crippen LogP contribution in [-0.4, -0.2) is 40.8 Å². The molecular formula is C23H23ClN2O3. The second-order valence-corrected chi connectivity index (χ2v) is 7.55. The number of carbonyl (C=O) groups excluding carboxylic acids is 2. The summed E-state index contributed by atoms with van der Waals surface area (Å²) in [6.07, 6.45) is 1.87. The van der Waals surface area contributed by atoms with Gasteiger partial charge >= 0.3 is 5.97 Å². The molecule has 6 heteroatoms. The third kappa shape index (κ3) is 3.62. The van der Waals surface area contributed by atoms with Crippen molar-refractivity contribution in [2.45, 2.75) is 31.3 Å². The van der Waals surface area contributed by atoms with Gasteiger partial charge in [0.2, 0.25) is 5.91 Å². The zero-order chi connectivity index (χ0) is 20.4. The zero-order valence-electron chi connectivity index (χ0n) is 16.2. The molecule has 150 valence electrons. The summed E-state index contributed by atoms with van der Waals surface area (Å²) in [4.78, 5) is 30.6. The van der Waals surface area contributed by atoms with Crippen LogP contribution in [0.15, 0.2) is 54.6 Å². The molecule has 29 heavy (non-hydrogen) atoms. The number of benzene rings is 2. The molecule has 0 fully saturated rings. The van der Waals surface area contributed by atoms with Gasteiger partial charge in [-0.25, -0.2) is 4.79 Å². The highest BCUT2D eigenvalue weighted by atomic mass is 35.5. The van der Waals surface area contributed by atoms with Gasteiger partial charge in [-0.15, -0.1) is 11.6 Å². The van der Waals surface area contributed by atoms with Crippen LogP contribution in [0.2, 0.25) is 0 Å². The average molecular weight is 411 g/mol. The number of fused-ring (bicyclic) bond motifs is 3. The fourth-order valence-corrected chi connectivity index (χ4v) is 4.49. The summed E-state index contributed by atoms with van der Waals surface area (Å²) >= 11 is 5.93. The minimum Gasteiger partial charge on any atom is -0.467 e. The summed E-state index contributed by atoms with van der Waals surface area (Å²) in [6, 6.07) is 17.2. The van der Waals surface area contributed by atoms with Gasteiger partial charge in [0.1, 0.15) is 11.9 Å². The molecule has 1 amide bonds. The van der Waals surface area contributed by atoms with Crippen LogP contribution in [-0.2, 0) is 27.2 Å². The molecule has 1 aliphatic heterocycles. The lowest BCUT2D eigenvalue weighted by molar-refractivity contribution is -0.155. The minimum atomic E-state index is -0.682. The number of amides is 1. The number of rotatable bonds is 5. The Labute approximate surface area is 174 Å². The highest BCUT2D eigenvalue weighted by Gasteiger charge is 2.42. The van der Waals surface area contributed by atoms with Crippen LogP contribution in [0.4, 0.5) is 0 Å². The molecule has 3 aromatic rings. The van der Waals surface area contributed by atoms with Crippen molar-refractivity contribution in [2.75, 3.05) is 13.0 Å². The highest BCUT2D eigenvalue weighted by molar-refractivity contribution is 6.27. The lowest BCUT2D eigenvalue weighted by Gasteiger charge is -2.40. The first-order valence-electron chi connectivity index (χ1n) is 9.72. The summed E-state index contributed by atoms with van der Waals surface area (Å²) in [7, 11) is 1.36. The first-order chi connectivity index (χ1) is 14.1. The second-order valence-electron chi connectivity index (χ2n) is 7.28. The first kappa shape index (κ1) is 19.5. The number of esters is 1. The molecule has 0 aliphatic carbocycles. The van der Waals surface area contributed by atoms with Gasteiger partial charge in [-0.1, -0.05) is 48.5 Å². The highest BCUT2D eigenvalue weighted by Crippen LogP contribution is 2.40. The summed E-state index contributed by atoms with van der Waals surface area (Å²) in [5, 5.41) is 1.08.